The Balaban J connectivity index is 2.09. The zero-order valence-corrected chi connectivity index (χ0v) is 17.7. The van der Waals surface area contributed by atoms with Crippen molar-refractivity contribution in [3.63, 3.8) is 0 Å². The Morgan fingerprint density at radius 1 is 1.26 bits per heavy atom. The standard InChI is InChI=1S/C21H19ClN4O5/c1-13(20(27)24-19-11-17(26(29)30)8-9-18(19)22)31-21(28)15(12-23)10-14-4-6-16(7-5-14)25(2)3/h4-11,13H,1-3H3,(H,24,27)/b15-10+. The predicted molar refractivity (Wildman–Crippen MR) is 117 cm³/mol. The summed E-state index contributed by atoms with van der Waals surface area (Å²) < 4.78 is 5.06. The predicted octanol–water partition coefficient (Wildman–Crippen LogP) is 3.79. The van der Waals surface area contributed by atoms with E-state index in [0.29, 0.717) is 5.56 Å². The molecule has 1 N–H and O–H groups in total. The van der Waals surface area contributed by atoms with Crippen LogP contribution in [0, 0.1) is 21.4 Å². The van der Waals surface area contributed by atoms with Crippen LogP contribution in [0.5, 0.6) is 0 Å². The SMILES string of the molecule is CC(OC(=O)/C(C#N)=C/c1ccc(N(C)C)cc1)C(=O)Nc1cc([N+](=O)[O-])ccc1Cl. The van der Waals surface area contributed by atoms with E-state index in [1.54, 1.807) is 18.2 Å². The average molecular weight is 443 g/mol. The number of hydrogen-bond acceptors (Lipinski definition) is 7. The van der Waals surface area contributed by atoms with Gasteiger partial charge in [0.25, 0.3) is 11.6 Å². The van der Waals surface area contributed by atoms with Gasteiger partial charge in [-0.1, -0.05) is 23.7 Å². The quantitative estimate of drug-likeness (QED) is 0.227. The number of hydrogen-bond donors (Lipinski definition) is 1. The smallest absolute Gasteiger partial charge is 0.349 e. The lowest BCUT2D eigenvalue weighted by atomic mass is 10.1. The molecule has 0 spiro atoms. The molecular weight excluding hydrogens is 424 g/mol. The molecule has 0 fully saturated rings. The number of nitrogens with one attached hydrogen (secondary N) is 1. The Hall–Kier alpha value is -3.90. The van der Waals surface area contributed by atoms with Crippen molar-refractivity contribution in [2.45, 2.75) is 13.0 Å². The first-order valence-electron chi connectivity index (χ1n) is 8.97. The van der Waals surface area contributed by atoms with Crippen LogP contribution in [-0.2, 0) is 14.3 Å². The Kier molecular flexibility index (Phi) is 7.71. The van der Waals surface area contributed by atoms with Gasteiger partial charge in [-0.25, -0.2) is 4.79 Å². The Labute approximate surface area is 183 Å². The minimum Gasteiger partial charge on any atom is -0.448 e. The second kappa shape index (κ2) is 10.2. The van der Waals surface area contributed by atoms with Gasteiger partial charge >= 0.3 is 5.97 Å². The summed E-state index contributed by atoms with van der Waals surface area (Å²) in [6, 6.07) is 12.4. The van der Waals surface area contributed by atoms with E-state index in [2.05, 4.69) is 5.32 Å². The fourth-order valence-corrected chi connectivity index (χ4v) is 2.57. The van der Waals surface area contributed by atoms with Gasteiger partial charge in [0.1, 0.15) is 11.6 Å². The first-order valence-corrected chi connectivity index (χ1v) is 9.35. The molecule has 0 radical (unpaired) electrons. The molecule has 0 bridgehead atoms. The third-order valence-electron chi connectivity index (χ3n) is 4.13. The van der Waals surface area contributed by atoms with Gasteiger partial charge < -0.3 is 15.0 Å². The van der Waals surface area contributed by atoms with E-state index in [1.165, 1.54) is 25.1 Å². The van der Waals surface area contributed by atoms with Gasteiger partial charge in [-0.15, -0.1) is 0 Å². The van der Waals surface area contributed by atoms with Crippen LogP contribution >= 0.6 is 11.6 Å². The molecule has 0 aromatic heterocycles. The Bertz CT molecular complexity index is 1070. The van der Waals surface area contributed by atoms with Crippen LogP contribution in [-0.4, -0.2) is 37.0 Å². The maximum absolute atomic E-state index is 12.3. The van der Waals surface area contributed by atoms with Gasteiger partial charge in [0.15, 0.2) is 6.10 Å². The zero-order valence-electron chi connectivity index (χ0n) is 17.0. The van der Waals surface area contributed by atoms with Crippen LogP contribution in [0.25, 0.3) is 6.08 Å². The fourth-order valence-electron chi connectivity index (χ4n) is 2.41. The van der Waals surface area contributed by atoms with Crippen molar-refractivity contribution in [1.82, 2.24) is 0 Å². The number of carbonyl (C=O) groups excluding carboxylic acids is 2. The van der Waals surface area contributed by atoms with Crippen molar-refractivity contribution in [3.8, 4) is 6.07 Å². The van der Waals surface area contributed by atoms with Crippen molar-refractivity contribution in [3.05, 3.63) is 68.7 Å². The van der Waals surface area contributed by atoms with E-state index >= 15 is 0 Å². The summed E-state index contributed by atoms with van der Waals surface area (Å²) in [6.07, 6.45) is 0.0693. The molecular formula is C21H19ClN4O5. The van der Waals surface area contributed by atoms with E-state index in [4.69, 9.17) is 16.3 Å². The van der Waals surface area contributed by atoms with Crippen LogP contribution in [0.2, 0.25) is 5.02 Å². The number of halogens is 1. The lowest BCUT2D eigenvalue weighted by molar-refractivity contribution is -0.384. The molecule has 9 nitrogen and oxygen atoms in total. The van der Waals surface area contributed by atoms with Crippen LogP contribution < -0.4 is 10.2 Å². The molecule has 2 rings (SSSR count). The molecule has 0 aliphatic rings. The van der Waals surface area contributed by atoms with Gasteiger partial charge in [0.2, 0.25) is 0 Å². The summed E-state index contributed by atoms with van der Waals surface area (Å²) >= 11 is 5.95. The van der Waals surface area contributed by atoms with Crippen molar-refractivity contribution >= 4 is 46.6 Å². The fraction of sp³-hybridized carbons (Fsp3) is 0.190. The number of anilines is 2. The largest absolute Gasteiger partial charge is 0.448 e. The van der Waals surface area contributed by atoms with E-state index in [-0.39, 0.29) is 22.0 Å². The highest BCUT2D eigenvalue weighted by Crippen LogP contribution is 2.27. The minimum atomic E-state index is -1.28. The number of benzene rings is 2. The van der Waals surface area contributed by atoms with Gasteiger partial charge in [-0.2, -0.15) is 5.26 Å². The number of amides is 1. The van der Waals surface area contributed by atoms with Crippen LogP contribution in [0.1, 0.15) is 12.5 Å². The zero-order chi connectivity index (χ0) is 23.1. The highest BCUT2D eigenvalue weighted by Gasteiger charge is 2.22. The average Bonchev–Trinajstić information content (AvgIpc) is 2.73. The second-order valence-corrected chi connectivity index (χ2v) is 7.02. The summed E-state index contributed by atoms with van der Waals surface area (Å²) in [6.45, 7) is 1.30. The number of nitriles is 1. The van der Waals surface area contributed by atoms with E-state index < -0.39 is 22.9 Å². The molecule has 0 saturated heterocycles. The van der Waals surface area contributed by atoms with Crippen molar-refractivity contribution in [2.75, 3.05) is 24.3 Å². The summed E-state index contributed by atoms with van der Waals surface area (Å²) in [5.41, 5.74) is 1.01. The van der Waals surface area contributed by atoms with Crippen molar-refractivity contribution < 1.29 is 19.2 Å². The van der Waals surface area contributed by atoms with Crippen LogP contribution in [0.3, 0.4) is 0 Å². The van der Waals surface area contributed by atoms with Gasteiger partial charge in [-0.3, -0.25) is 14.9 Å². The molecule has 160 valence electrons. The molecule has 2 aromatic carbocycles. The van der Waals surface area contributed by atoms with E-state index in [0.717, 1.165) is 11.8 Å². The molecule has 2 aromatic rings. The first-order chi connectivity index (χ1) is 14.6. The maximum atomic E-state index is 12.3. The van der Waals surface area contributed by atoms with E-state index in [1.807, 2.05) is 31.1 Å². The first kappa shape index (κ1) is 23.4. The second-order valence-electron chi connectivity index (χ2n) is 6.61. The van der Waals surface area contributed by atoms with Crippen LogP contribution in [0.4, 0.5) is 17.1 Å². The van der Waals surface area contributed by atoms with Crippen molar-refractivity contribution in [1.29, 1.82) is 5.26 Å². The summed E-state index contributed by atoms with van der Waals surface area (Å²) in [7, 11) is 3.77. The van der Waals surface area contributed by atoms with Gasteiger partial charge in [-0.05, 0) is 36.8 Å². The highest BCUT2D eigenvalue weighted by atomic mass is 35.5. The molecule has 1 amide bonds. The third-order valence-corrected chi connectivity index (χ3v) is 4.46. The number of esters is 1. The molecule has 10 heteroatoms. The number of ether oxygens (including phenoxy) is 1. The molecule has 0 heterocycles. The summed E-state index contributed by atoms with van der Waals surface area (Å²) in [5, 5.41) is 22.6. The maximum Gasteiger partial charge on any atom is 0.349 e. The lowest BCUT2D eigenvalue weighted by Gasteiger charge is -2.14. The van der Waals surface area contributed by atoms with Gasteiger partial charge in [0, 0.05) is 31.9 Å². The number of rotatable bonds is 7. The summed E-state index contributed by atoms with van der Waals surface area (Å²) in [5.74, 6) is -1.74. The monoisotopic (exact) mass is 442 g/mol. The molecule has 31 heavy (non-hydrogen) atoms. The molecule has 0 aliphatic carbocycles. The minimum absolute atomic E-state index is 0.000737. The number of nitro groups is 1. The van der Waals surface area contributed by atoms with E-state index in [9.17, 15) is 25.0 Å². The third kappa shape index (κ3) is 6.29. The number of nitro benzene ring substituents is 1. The highest BCUT2D eigenvalue weighted by molar-refractivity contribution is 6.33. The molecule has 0 saturated carbocycles. The van der Waals surface area contributed by atoms with Crippen LogP contribution in [0.15, 0.2) is 48.0 Å². The molecule has 1 atom stereocenters. The topological polar surface area (TPSA) is 126 Å². The molecule has 1 unspecified atom stereocenters. The summed E-state index contributed by atoms with van der Waals surface area (Å²) in [4.78, 5) is 36.8. The number of non-ortho nitro benzene ring substituents is 1. The van der Waals surface area contributed by atoms with Gasteiger partial charge in [0.05, 0.1) is 15.6 Å². The lowest BCUT2D eigenvalue weighted by Crippen LogP contribution is -2.30. The number of nitrogens with zero attached hydrogens (tertiary/aromatic N) is 3. The Morgan fingerprint density at radius 3 is 2.45 bits per heavy atom. The normalized spacial score (nSPS) is 11.8. The van der Waals surface area contributed by atoms with Crippen molar-refractivity contribution in [2.24, 2.45) is 0 Å². The Morgan fingerprint density at radius 2 is 1.90 bits per heavy atom. The number of carbonyl (C=O) groups is 2. The molecule has 0 aliphatic heterocycles.